The van der Waals surface area contributed by atoms with Crippen LogP contribution in [-0.2, 0) is 4.79 Å². The lowest BCUT2D eigenvalue weighted by Gasteiger charge is -2.03. The zero-order chi connectivity index (χ0) is 20.4. The largest absolute Gasteiger partial charge is 0.550 e. The van der Waals surface area contributed by atoms with Crippen molar-refractivity contribution in [1.82, 2.24) is 4.98 Å². The van der Waals surface area contributed by atoms with Crippen LogP contribution in [0.1, 0.15) is 18.1 Å². The highest BCUT2D eigenvalue weighted by molar-refractivity contribution is 5.89. The minimum Gasteiger partial charge on any atom is -0.550 e. The summed E-state index contributed by atoms with van der Waals surface area (Å²) >= 11 is 0. The molecular weight excluding hydrogens is 376 g/mol. The van der Waals surface area contributed by atoms with E-state index in [4.69, 9.17) is 8.83 Å². The van der Waals surface area contributed by atoms with E-state index in [0.717, 1.165) is 0 Å². The first kappa shape index (κ1) is 18.2. The quantitative estimate of drug-likeness (QED) is 0.364. The number of oxazole rings is 1. The van der Waals surface area contributed by atoms with Crippen LogP contribution in [-0.4, -0.2) is 15.9 Å². The van der Waals surface area contributed by atoms with Crippen molar-refractivity contribution in [1.29, 1.82) is 0 Å². The number of carboxylic acids is 1. The highest BCUT2D eigenvalue weighted by Gasteiger charge is 2.13. The molecule has 0 unspecified atom stereocenters. The van der Waals surface area contributed by atoms with Gasteiger partial charge in [-0.2, -0.15) is 0 Å². The van der Waals surface area contributed by atoms with E-state index in [9.17, 15) is 20.0 Å². The Morgan fingerprint density at radius 1 is 1.03 bits per heavy atom. The van der Waals surface area contributed by atoms with Crippen molar-refractivity contribution in [3.05, 3.63) is 82.4 Å². The smallest absolute Gasteiger partial charge is 0.269 e. The number of carboxylic acid groups (broad SMARTS) is 1. The average molecular weight is 389 g/mol. The maximum Gasteiger partial charge on any atom is 0.269 e. The summed E-state index contributed by atoms with van der Waals surface area (Å²) in [5.41, 5.74) is 2.08. The number of para-hydroxylation sites is 2. The minimum absolute atomic E-state index is 0.0207. The number of fused-ring (bicyclic) bond motifs is 1. The summed E-state index contributed by atoms with van der Waals surface area (Å²) in [7, 11) is 0. The summed E-state index contributed by atoms with van der Waals surface area (Å²) in [5.74, 6) is -0.238. The fourth-order valence-electron chi connectivity index (χ4n) is 2.86. The zero-order valence-electron chi connectivity index (χ0n) is 14.9. The van der Waals surface area contributed by atoms with Gasteiger partial charge in [-0.15, -0.1) is 0 Å². The molecule has 0 aliphatic carbocycles. The van der Waals surface area contributed by atoms with Crippen LogP contribution in [0.5, 0.6) is 0 Å². The first-order valence-electron chi connectivity index (χ1n) is 8.60. The predicted molar refractivity (Wildman–Crippen MR) is 102 cm³/mol. The van der Waals surface area contributed by atoms with E-state index in [-0.39, 0.29) is 11.6 Å². The van der Waals surface area contributed by atoms with Crippen molar-refractivity contribution in [3.8, 4) is 11.3 Å². The van der Waals surface area contributed by atoms with Gasteiger partial charge in [0.1, 0.15) is 17.0 Å². The first-order chi connectivity index (χ1) is 14.0. The second-order valence-electron chi connectivity index (χ2n) is 6.21. The minimum atomic E-state index is -1.28. The Morgan fingerprint density at radius 2 is 1.79 bits per heavy atom. The van der Waals surface area contributed by atoms with Crippen molar-refractivity contribution in [3.63, 3.8) is 0 Å². The molecule has 0 amide bonds. The molecule has 0 spiro atoms. The third kappa shape index (κ3) is 3.91. The number of benzene rings is 2. The molecule has 8 nitrogen and oxygen atoms in total. The molecule has 144 valence electrons. The molecule has 2 heterocycles. The van der Waals surface area contributed by atoms with Crippen LogP contribution in [0.2, 0.25) is 0 Å². The summed E-state index contributed by atoms with van der Waals surface area (Å²) in [6.45, 7) is 0. The highest BCUT2D eigenvalue weighted by Crippen LogP contribution is 2.29. The maximum atomic E-state index is 11.2. The van der Waals surface area contributed by atoms with Crippen molar-refractivity contribution < 1.29 is 23.7 Å². The number of rotatable bonds is 6. The second-order valence-corrected chi connectivity index (χ2v) is 6.21. The molecule has 0 radical (unpaired) electrons. The fraction of sp³-hybridized carbons (Fsp3) is 0.0476. The third-order valence-electron chi connectivity index (χ3n) is 4.21. The summed E-state index contributed by atoms with van der Waals surface area (Å²) in [4.78, 5) is 25.8. The molecule has 0 atom stereocenters. The van der Waals surface area contributed by atoms with E-state index in [0.29, 0.717) is 33.8 Å². The molecular formula is C21H13N2O6-. The molecule has 0 fully saturated rings. The third-order valence-corrected chi connectivity index (χ3v) is 4.21. The Hall–Kier alpha value is -4.20. The topological polar surface area (TPSA) is 122 Å². The van der Waals surface area contributed by atoms with Gasteiger partial charge >= 0.3 is 0 Å². The van der Waals surface area contributed by atoms with Crippen LogP contribution >= 0.6 is 0 Å². The lowest BCUT2D eigenvalue weighted by Crippen LogP contribution is -2.22. The van der Waals surface area contributed by atoms with Crippen LogP contribution in [0.15, 0.2) is 69.5 Å². The normalized spacial score (nSPS) is 11.7. The predicted octanol–water partition coefficient (Wildman–Crippen LogP) is 3.68. The number of carbonyl (C=O) groups excluding carboxylic acids is 1. The van der Waals surface area contributed by atoms with Gasteiger partial charge in [-0.3, -0.25) is 10.1 Å². The van der Waals surface area contributed by atoms with Gasteiger partial charge in [0, 0.05) is 35.7 Å². The summed E-state index contributed by atoms with van der Waals surface area (Å²) < 4.78 is 11.4. The summed E-state index contributed by atoms with van der Waals surface area (Å²) in [6, 6.07) is 16.4. The standard InChI is InChI=1S/C21H14N2O6/c24-20(25)12-14(21-22-17-3-1-2-4-19(17)29-21)11-16-9-10-18(28-16)13-5-7-15(8-6-13)23(26)27/h1-11H,12H2,(H,24,25)/p-1/b14-11+. The van der Waals surface area contributed by atoms with Gasteiger partial charge in [0.15, 0.2) is 5.58 Å². The molecule has 0 N–H and O–H groups in total. The molecule has 29 heavy (non-hydrogen) atoms. The first-order valence-corrected chi connectivity index (χ1v) is 8.60. The molecule has 4 rings (SSSR count). The number of non-ortho nitro benzene ring substituents is 1. The van der Waals surface area contributed by atoms with Crippen molar-refractivity contribution >= 4 is 34.4 Å². The molecule has 2 aromatic carbocycles. The summed E-state index contributed by atoms with van der Waals surface area (Å²) in [6.07, 6.45) is 1.12. The van der Waals surface area contributed by atoms with Gasteiger partial charge in [0.2, 0.25) is 5.89 Å². The Labute approximate surface area is 163 Å². The number of carbonyl (C=O) groups is 1. The van der Waals surface area contributed by atoms with Crippen molar-refractivity contribution in [2.75, 3.05) is 0 Å². The zero-order valence-corrected chi connectivity index (χ0v) is 14.9. The number of hydrogen-bond acceptors (Lipinski definition) is 7. The lowest BCUT2D eigenvalue weighted by molar-refractivity contribution is -0.384. The average Bonchev–Trinajstić information content (AvgIpc) is 3.34. The molecule has 0 saturated heterocycles. The lowest BCUT2D eigenvalue weighted by atomic mass is 10.1. The van der Waals surface area contributed by atoms with Crippen LogP contribution in [0, 0.1) is 10.1 Å². The number of hydrogen-bond donors (Lipinski definition) is 0. The fourth-order valence-corrected chi connectivity index (χ4v) is 2.86. The van der Waals surface area contributed by atoms with Crippen LogP contribution in [0.4, 0.5) is 5.69 Å². The summed E-state index contributed by atoms with van der Waals surface area (Å²) in [5, 5.41) is 22.0. The van der Waals surface area contributed by atoms with Crippen molar-refractivity contribution in [2.45, 2.75) is 6.42 Å². The van der Waals surface area contributed by atoms with Gasteiger partial charge in [-0.1, -0.05) is 12.1 Å². The Bertz CT molecular complexity index is 1200. The van der Waals surface area contributed by atoms with E-state index in [1.165, 1.54) is 18.2 Å². The van der Waals surface area contributed by atoms with Crippen LogP contribution < -0.4 is 5.11 Å². The Balaban J connectivity index is 1.67. The number of nitro benzene ring substituents is 1. The monoisotopic (exact) mass is 389 g/mol. The van der Waals surface area contributed by atoms with E-state index >= 15 is 0 Å². The van der Waals surface area contributed by atoms with Gasteiger partial charge in [-0.25, -0.2) is 4.98 Å². The second kappa shape index (κ2) is 7.43. The van der Waals surface area contributed by atoms with E-state index in [1.54, 1.807) is 48.5 Å². The number of aliphatic carboxylic acids is 1. The molecule has 2 aromatic heterocycles. The van der Waals surface area contributed by atoms with E-state index < -0.39 is 17.3 Å². The number of nitrogens with zero attached hydrogens (tertiary/aromatic N) is 2. The molecule has 0 saturated carbocycles. The maximum absolute atomic E-state index is 11.2. The van der Waals surface area contributed by atoms with E-state index in [1.807, 2.05) is 0 Å². The highest BCUT2D eigenvalue weighted by atomic mass is 16.6. The molecule has 8 heteroatoms. The van der Waals surface area contributed by atoms with Crippen LogP contribution in [0.25, 0.3) is 34.1 Å². The van der Waals surface area contributed by atoms with Crippen molar-refractivity contribution in [2.24, 2.45) is 0 Å². The van der Waals surface area contributed by atoms with Gasteiger partial charge < -0.3 is 18.7 Å². The number of furan rings is 1. The van der Waals surface area contributed by atoms with Gasteiger partial charge in [0.25, 0.3) is 5.69 Å². The van der Waals surface area contributed by atoms with Gasteiger partial charge in [0.05, 0.1) is 4.92 Å². The molecule has 0 bridgehead atoms. The number of aromatic nitrogens is 1. The van der Waals surface area contributed by atoms with E-state index in [2.05, 4.69) is 4.98 Å². The molecule has 0 aliphatic heterocycles. The Morgan fingerprint density at radius 3 is 2.48 bits per heavy atom. The number of nitro groups is 1. The molecule has 0 aliphatic rings. The molecule has 4 aromatic rings. The Kier molecular flexibility index (Phi) is 4.66. The SMILES string of the molecule is O=C([O-])C/C(=C\c1ccc(-c2ccc([N+](=O)[O-])cc2)o1)c1nc2ccccc2o1. The van der Waals surface area contributed by atoms with Crippen LogP contribution in [0.3, 0.4) is 0 Å². The van der Waals surface area contributed by atoms with Gasteiger partial charge in [-0.05, 0) is 42.5 Å².